The van der Waals surface area contributed by atoms with Crippen molar-refractivity contribution in [3.63, 3.8) is 0 Å². The van der Waals surface area contributed by atoms with Crippen LogP contribution < -0.4 is 20.1 Å². The molecule has 1 heterocycles. The van der Waals surface area contributed by atoms with Crippen molar-refractivity contribution in [2.24, 2.45) is 0 Å². The molecular formula is C22H23N3O4S. The van der Waals surface area contributed by atoms with Crippen LogP contribution in [-0.2, 0) is 0 Å². The van der Waals surface area contributed by atoms with Crippen molar-refractivity contribution in [3.05, 3.63) is 59.1 Å². The second kappa shape index (κ2) is 9.89. The molecular weight excluding hydrogens is 402 g/mol. The number of carbonyl (C=O) groups is 2. The Hall–Kier alpha value is -3.39. The first-order valence-corrected chi connectivity index (χ1v) is 10.3. The molecule has 0 atom stereocenters. The van der Waals surface area contributed by atoms with Gasteiger partial charge in [0, 0.05) is 28.7 Å². The first kappa shape index (κ1) is 21.3. The van der Waals surface area contributed by atoms with Crippen LogP contribution in [0.2, 0.25) is 0 Å². The normalized spacial score (nSPS) is 10.4. The predicted octanol–water partition coefficient (Wildman–Crippen LogP) is 4.22. The highest BCUT2D eigenvalue weighted by molar-refractivity contribution is 7.13. The van der Waals surface area contributed by atoms with Crippen LogP contribution >= 0.6 is 11.3 Å². The summed E-state index contributed by atoms with van der Waals surface area (Å²) in [5.74, 6) is 0.703. The Labute approximate surface area is 179 Å². The first-order valence-electron chi connectivity index (χ1n) is 9.43. The lowest BCUT2D eigenvalue weighted by atomic mass is 10.2. The Kier molecular flexibility index (Phi) is 7.03. The molecule has 2 amide bonds. The average molecular weight is 426 g/mol. The lowest BCUT2D eigenvalue weighted by molar-refractivity contribution is 0.0952. The third kappa shape index (κ3) is 4.96. The van der Waals surface area contributed by atoms with E-state index < -0.39 is 0 Å². The Bertz CT molecular complexity index is 1050. The highest BCUT2D eigenvalue weighted by atomic mass is 32.1. The summed E-state index contributed by atoms with van der Waals surface area (Å²) in [4.78, 5) is 29.2. The maximum absolute atomic E-state index is 12.6. The van der Waals surface area contributed by atoms with Crippen molar-refractivity contribution in [1.82, 2.24) is 10.3 Å². The standard InChI is InChI=1S/C22H23N3O4S/c1-4-10-23-20(26)14-6-5-7-16(11-14)24-21(27)17-13-30-22(25-17)15-8-9-18(28-2)19(12-15)29-3/h5-9,11-13H,4,10H2,1-3H3,(H,23,26)(H,24,27). The Morgan fingerprint density at radius 1 is 1.03 bits per heavy atom. The van der Waals surface area contributed by atoms with Crippen molar-refractivity contribution in [2.75, 3.05) is 26.1 Å². The molecule has 30 heavy (non-hydrogen) atoms. The number of hydrogen-bond donors (Lipinski definition) is 2. The van der Waals surface area contributed by atoms with Gasteiger partial charge in [-0.05, 0) is 42.8 Å². The van der Waals surface area contributed by atoms with Crippen LogP contribution in [-0.4, -0.2) is 37.6 Å². The van der Waals surface area contributed by atoms with Gasteiger partial charge in [0.1, 0.15) is 10.7 Å². The third-order valence-corrected chi connectivity index (χ3v) is 5.18. The molecule has 8 heteroatoms. The monoisotopic (exact) mass is 425 g/mol. The molecule has 3 aromatic rings. The molecule has 0 bridgehead atoms. The zero-order valence-electron chi connectivity index (χ0n) is 17.0. The smallest absolute Gasteiger partial charge is 0.275 e. The molecule has 1 aromatic heterocycles. The van der Waals surface area contributed by atoms with Crippen LogP contribution in [0.15, 0.2) is 47.8 Å². The van der Waals surface area contributed by atoms with E-state index in [9.17, 15) is 9.59 Å². The van der Waals surface area contributed by atoms with Gasteiger partial charge >= 0.3 is 0 Å². The molecule has 7 nitrogen and oxygen atoms in total. The summed E-state index contributed by atoms with van der Waals surface area (Å²) in [6, 6.07) is 12.3. The Morgan fingerprint density at radius 2 is 1.83 bits per heavy atom. The number of thiazole rings is 1. The maximum Gasteiger partial charge on any atom is 0.275 e. The second-order valence-electron chi connectivity index (χ2n) is 6.40. The minimum Gasteiger partial charge on any atom is -0.493 e. The van der Waals surface area contributed by atoms with E-state index in [-0.39, 0.29) is 11.8 Å². The van der Waals surface area contributed by atoms with Gasteiger partial charge in [-0.3, -0.25) is 9.59 Å². The number of carbonyl (C=O) groups excluding carboxylic acids is 2. The number of anilines is 1. The fourth-order valence-corrected chi connectivity index (χ4v) is 3.55. The van der Waals surface area contributed by atoms with Gasteiger partial charge in [-0.25, -0.2) is 4.98 Å². The predicted molar refractivity (Wildman–Crippen MR) is 118 cm³/mol. The van der Waals surface area contributed by atoms with E-state index in [1.807, 2.05) is 19.1 Å². The van der Waals surface area contributed by atoms with Crippen molar-refractivity contribution < 1.29 is 19.1 Å². The van der Waals surface area contributed by atoms with E-state index in [0.717, 1.165) is 12.0 Å². The SMILES string of the molecule is CCCNC(=O)c1cccc(NC(=O)c2csc(-c3ccc(OC)c(OC)c3)n2)c1. The molecule has 0 saturated carbocycles. The third-order valence-electron chi connectivity index (χ3n) is 4.29. The van der Waals surface area contributed by atoms with E-state index >= 15 is 0 Å². The summed E-state index contributed by atoms with van der Waals surface area (Å²) < 4.78 is 10.6. The highest BCUT2D eigenvalue weighted by Crippen LogP contribution is 2.33. The van der Waals surface area contributed by atoms with Crippen LogP contribution in [0.3, 0.4) is 0 Å². The first-order chi connectivity index (χ1) is 14.5. The molecule has 0 fully saturated rings. The largest absolute Gasteiger partial charge is 0.493 e. The quantitative estimate of drug-likeness (QED) is 0.564. The minimum atomic E-state index is -0.343. The van der Waals surface area contributed by atoms with Crippen LogP contribution in [0.25, 0.3) is 10.6 Å². The fraction of sp³-hybridized carbons (Fsp3) is 0.227. The van der Waals surface area contributed by atoms with Gasteiger partial charge in [0.2, 0.25) is 0 Å². The number of benzene rings is 2. The molecule has 3 rings (SSSR count). The van der Waals surface area contributed by atoms with Gasteiger partial charge in [-0.15, -0.1) is 11.3 Å². The zero-order valence-corrected chi connectivity index (χ0v) is 17.8. The van der Waals surface area contributed by atoms with E-state index in [2.05, 4.69) is 15.6 Å². The fourth-order valence-electron chi connectivity index (χ4n) is 2.75. The van der Waals surface area contributed by atoms with Crippen molar-refractivity contribution >= 4 is 28.8 Å². The van der Waals surface area contributed by atoms with Crippen LogP contribution in [0.4, 0.5) is 5.69 Å². The summed E-state index contributed by atoms with van der Waals surface area (Å²) in [7, 11) is 3.14. The minimum absolute atomic E-state index is 0.169. The number of aromatic nitrogens is 1. The molecule has 0 aliphatic carbocycles. The summed E-state index contributed by atoms with van der Waals surface area (Å²) in [5.41, 5.74) is 2.15. The lowest BCUT2D eigenvalue weighted by Crippen LogP contribution is -2.24. The van der Waals surface area contributed by atoms with Crippen LogP contribution in [0.1, 0.15) is 34.2 Å². The van der Waals surface area contributed by atoms with Gasteiger partial charge in [0.25, 0.3) is 11.8 Å². The van der Waals surface area contributed by atoms with Crippen LogP contribution in [0.5, 0.6) is 11.5 Å². The molecule has 0 unspecified atom stereocenters. The number of nitrogens with zero attached hydrogens (tertiary/aromatic N) is 1. The van der Waals surface area contributed by atoms with Gasteiger partial charge < -0.3 is 20.1 Å². The number of nitrogens with one attached hydrogen (secondary N) is 2. The zero-order chi connectivity index (χ0) is 21.5. The molecule has 2 aromatic carbocycles. The molecule has 0 saturated heterocycles. The maximum atomic E-state index is 12.6. The molecule has 0 radical (unpaired) electrons. The molecule has 0 spiro atoms. The van der Waals surface area contributed by atoms with E-state index in [1.165, 1.54) is 11.3 Å². The molecule has 156 valence electrons. The molecule has 0 aliphatic rings. The average Bonchev–Trinajstić information content (AvgIpc) is 3.27. The van der Waals surface area contributed by atoms with Gasteiger partial charge in [0.05, 0.1) is 14.2 Å². The topological polar surface area (TPSA) is 89.6 Å². The summed E-state index contributed by atoms with van der Waals surface area (Å²) in [6.07, 6.45) is 0.856. The van der Waals surface area contributed by atoms with Crippen LogP contribution in [0, 0.1) is 0 Å². The summed E-state index contributed by atoms with van der Waals surface area (Å²) >= 11 is 1.36. The van der Waals surface area contributed by atoms with Gasteiger partial charge in [-0.2, -0.15) is 0 Å². The Morgan fingerprint density at radius 3 is 2.57 bits per heavy atom. The van der Waals surface area contributed by atoms with Crippen molar-refractivity contribution in [3.8, 4) is 22.1 Å². The van der Waals surface area contributed by atoms with E-state index in [4.69, 9.17) is 9.47 Å². The highest BCUT2D eigenvalue weighted by Gasteiger charge is 2.15. The Balaban J connectivity index is 1.74. The van der Waals surface area contributed by atoms with Crippen molar-refractivity contribution in [2.45, 2.75) is 13.3 Å². The molecule has 2 N–H and O–H groups in total. The number of hydrogen-bond acceptors (Lipinski definition) is 6. The van der Waals surface area contributed by atoms with E-state index in [0.29, 0.717) is 40.0 Å². The second-order valence-corrected chi connectivity index (χ2v) is 7.26. The van der Waals surface area contributed by atoms with Gasteiger partial charge in [-0.1, -0.05) is 13.0 Å². The summed E-state index contributed by atoms with van der Waals surface area (Å²) in [6.45, 7) is 2.59. The lowest BCUT2D eigenvalue weighted by Gasteiger charge is -2.08. The number of methoxy groups -OCH3 is 2. The van der Waals surface area contributed by atoms with Gasteiger partial charge in [0.15, 0.2) is 11.5 Å². The number of amides is 2. The number of rotatable bonds is 8. The number of ether oxygens (including phenoxy) is 2. The van der Waals surface area contributed by atoms with Crippen molar-refractivity contribution in [1.29, 1.82) is 0 Å². The molecule has 0 aliphatic heterocycles. The van der Waals surface area contributed by atoms with E-state index in [1.54, 1.807) is 49.9 Å². The summed E-state index contributed by atoms with van der Waals surface area (Å²) in [5, 5.41) is 8.00.